The minimum Gasteiger partial charge on any atom is -0.376 e. The van der Waals surface area contributed by atoms with Gasteiger partial charge in [-0.25, -0.2) is 0 Å². The lowest BCUT2D eigenvalue weighted by atomic mass is 10.2. The van der Waals surface area contributed by atoms with Gasteiger partial charge in [-0.15, -0.1) is 0 Å². The van der Waals surface area contributed by atoms with Crippen LogP contribution in [0.25, 0.3) is 0 Å². The van der Waals surface area contributed by atoms with Crippen molar-refractivity contribution in [3.8, 4) is 0 Å². The highest BCUT2D eigenvalue weighted by molar-refractivity contribution is 9.10. The van der Waals surface area contributed by atoms with Gasteiger partial charge < -0.3 is 4.74 Å². The van der Waals surface area contributed by atoms with Crippen LogP contribution in [0.4, 0.5) is 5.69 Å². The molecule has 0 amide bonds. The molecule has 0 bridgehead atoms. The second kappa shape index (κ2) is 7.46. The first kappa shape index (κ1) is 16.7. The van der Waals surface area contributed by atoms with E-state index in [1.165, 1.54) is 0 Å². The molecule has 0 aliphatic carbocycles. The standard InChI is InChI=1S/C14H20BrNOSSi/c1-14(2,19(3)4)9-17-8-11-7-12(15)5-6-13(11)16-10-18/h5-7,19H,8-9H2,1-4H3. The van der Waals surface area contributed by atoms with Gasteiger partial charge >= 0.3 is 0 Å². The van der Waals surface area contributed by atoms with E-state index in [9.17, 15) is 0 Å². The molecule has 1 aromatic rings. The molecule has 0 heterocycles. The first-order valence-corrected chi connectivity index (χ1v) is 10.4. The normalized spacial score (nSPS) is 11.5. The average molecular weight is 358 g/mol. The summed E-state index contributed by atoms with van der Waals surface area (Å²) in [5.74, 6) is 0. The first-order valence-electron chi connectivity index (χ1n) is 6.31. The van der Waals surface area contributed by atoms with Crippen LogP contribution in [0.15, 0.2) is 27.7 Å². The second-order valence-electron chi connectivity index (χ2n) is 5.61. The maximum Gasteiger partial charge on any atom is 0.0795 e. The van der Waals surface area contributed by atoms with Crippen molar-refractivity contribution in [2.24, 2.45) is 4.99 Å². The van der Waals surface area contributed by atoms with Crippen molar-refractivity contribution in [1.82, 2.24) is 0 Å². The Morgan fingerprint density at radius 3 is 2.68 bits per heavy atom. The Bertz CT molecular complexity index is 484. The molecule has 0 aliphatic rings. The summed E-state index contributed by atoms with van der Waals surface area (Å²) in [7, 11) is -0.727. The van der Waals surface area contributed by atoms with E-state index in [2.05, 4.69) is 65.2 Å². The van der Waals surface area contributed by atoms with E-state index in [1.54, 1.807) is 0 Å². The van der Waals surface area contributed by atoms with Crippen LogP contribution >= 0.6 is 28.1 Å². The zero-order chi connectivity index (χ0) is 14.5. The molecule has 0 fully saturated rings. The van der Waals surface area contributed by atoms with E-state index in [1.807, 2.05) is 18.2 Å². The molecule has 0 N–H and O–H groups in total. The maximum absolute atomic E-state index is 5.88. The average Bonchev–Trinajstić information content (AvgIpc) is 2.32. The third-order valence-corrected chi connectivity index (χ3v) is 7.38. The number of benzene rings is 1. The SMILES string of the molecule is C[SiH](C)C(C)(C)COCc1cc(Br)ccc1N=C=S. The van der Waals surface area contributed by atoms with E-state index >= 15 is 0 Å². The fourth-order valence-corrected chi connectivity index (χ4v) is 2.38. The third kappa shape index (κ3) is 5.28. The summed E-state index contributed by atoms with van der Waals surface area (Å²) < 4.78 is 6.90. The van der Waals surface area contributed by atoms with Crippen LogP contribution in [0.2, 0.25) is 18.1 Å². The lowest BCUT2D eigenvalue weighted by Gasteiger charge is -2.28. The molecule has 0 aromatic heterocycles. The number of aliphatic imine (C=N–C) groups is 1. The summed E-state index contributed by atoms with van der Waals surface area (Å²) in [5.41, 5.74) is 1.87. The van der Waals surface area contributed by atoms with Gasteiger partial charge in [0.15, 0.2) is 0 Å². The van der Waals surface area contributed by atoms with Crippen molar-refractivity contribution in [2.45, 2.75) is 38.6 Å². The van der Waals surface area contributed by atoms with Gasteiger partial charge in [0.1, 0.15) is 0 Å². The molecule has 0 atom stereocenters. The largest absolute Gasteiger partial charge is 0.376 e. The summed E-state index contributed by atoms with van der Waals surface area (Å²) in [4.78, 5) is 4.07. The minimum atomic E-state index is -0.727. The number of nitrogens with zero attached hydrogens (tertiary/aromatic N) is 1. The Morgan fingerprint density at radius 1 is 1.42 bits per heavy atom. The molecule has 0 saturated heterocycles. The lowest BCUT2D eigenvalue weighted by Crippen LogP contribution is -2.26. The summed E-state index contributed by atoms with van der Waals surface area (Å²) in [5, 5.41) is 2.72. The monoisotopic (exact) mass is 357 g/mol. The van der Waals surface area contributed by atoms with E-state index in [0.29, 0.717) is 11.6 Å². The summed E-state index contributed by atoms with van der Waals surface area (Å²) >= 11 is 8.13. The molecule has 1 aromatic carbocycles. The van der Waals surface area contributed by atoms with Crippen LogP contribution in [0.3, 0.4) is 0 Å². The Labute approximate surface area is 131 Å². The molecule has 0 radical (unpaired) electrons. The highest BCUT2D eigenvalue weighted by atomic mass is 79.9. The number of rotatable bonds is 6. The van der Waals surface area contributed by atoms with Crippen molar-refractivity contribution in [3.05, 3.63) is 28.2 Å². The van der Waals surface area contributed by atoms with Crippen LogP contribution in [-0.4, -0.2) is 20.6 Å². The lowest BCUT2D eigenvalue weighted by molar-refractivity contribution is 0.101. The number of hydrogen-bond donors (Lipinski definition) is 0. The zero-order valence-electron chi connectivity index (χ0n) is 11.9. The molecule has 0 saturated carbocycles. The van der Waals surface area contributed by atoms with Crippen molar-refractivity contribution >= 4 is 47.8 Å². The highest BCUT2D eigenvalue weighted by Gasteiger charge is 2.23. The Balaban J connectivity index is 2.72. The van der Waals surface area contributed by atoms with E-state index in [4.69, 9.17) is 4.74 Å². The molecular weight excluding hydrogens is 338 g/mol. The van der Waals surface area contributed by atoms with Gasteiger partial charge in [-0.2, -0.15) is 4.99 Å². The van der Waals surface area contributed by atoms with Crippen molar-refractivity contribution in [1.29, 1.82) is 0 Å². The first-order chi connectivity index (χ1) is 8.86. The van der Waals surface area contributed by atoms with Gasteiger partial charge in [0, 0.05) is 25.4 Å². The summed E-state index contributed by atoms with van der Waals surface area (Å²) in [6.07, 6.45) is 0. The Kier molecular flexibility index (Phi) is 6.57. The molecule has 2 nitrogen and oxygen atoms in total. The number of halogens is 1. The van der Waals surface area contributed by atoms with Crippen LogP contribution < -0.4 is 0 Å². The van der Waals surface area contributed by atoms with Gasteiger partial charge in [-0.05, 0) is 35.5 Å². The molecular formula is C14H20BrNOSSi. The van der Waals surface area contributed by atoms with Gasteiger partial charge in [0.2, 0.25) is 0 Å². The van der Waals surface area contributed by atoms with E-state index in [-0.39, 0.29) is 0 Å². The number of isothiocyanates is 1. The van der Waals surface area contributed by atoms with Crippen molar-refractivity contribution in [2.75, 3.05) is 6.61 Å². The molecule has 0 unspecified atom stereocenters. The molecule has 0 spiro atoms. The smallest absolute Gasteiger partial charge is 0.0795 e. The number of ether oxygens (including phenoxy) is 1. The van der Waals surface area contributed by atoms with Gasteiger partial charge in [0.25, 0.3) is 0 Å². The zero-order valence-corrected chi connectivity index (χ0v) is 15.4. The number of hydrogen-bond acceptors (Lipinski definition) is 3. The molecule has 5 heteroatoms. The van der Waals surface area contributed by atoms with Crippen LogP contribution in [0.1, 0.15) is 19.4 Å². The fourth-order valence-electron chi connectivity index (χ4n) is 1.42. The molecule has 1 rings (SSSR count). The Hall–Kier alpha value is -0.323. The summed E-state index contributed by atoms with van der Waals surface area (Å²) in [6, 6.07) is 5.88. The third-order valence-electron chi connectivity index (χ3n) is 3.50. The predicted molar refractivity (Wildman–Crippen MR) is 91.4 cm³/mol. The Morgan fingerprint density at radius 2 is 2.11 bits per heavy atom. The second-order valence-corrected chi connectivity index (χ2v) is 10.6. The van der Waals surface area contributed by atoms with Crippen molar-refractivity contribution < 1.29 is 4.74 Å². The summed E-state index contributed by atoms with van der Waals surface area (Å²) in [6.45, 7) is 10.6. The van der Waals surface area contributed by atoms with E-state index < -0.39 is 8.80 Å². The quantitative estimate of drug-likeness (QED) is 0.407. The van der Waals surface area contributed by atoms with E-state index in [0.717, 1.165) is 22.3 Å². The van der Waals surface area contributed by atoms with Gasteiger partial charge in [-0.1, -0.05) is 42.9 Å². The van der Waals surface area contributed by atoms with Gasteiger partial charge in [0.05, 0.1) is 17.5 Å². The number of thiocarbonyl (C=S) groups is 1. The fraction of sp³-hybridized carbons (Fsp3) is 0.500. The van der Waals surface area contributed by atoms with Crippen LogP contribution in [0, 0.1) is 0 Å². The molecule has 19 heavy (non-hydrogen) atoms. The minimum absolute atomic E-state index is 0.305. The van der Waals surface area contributed by atoms with Crippen LogP contribution in [-0.2, 0) is 11.3 Å². The molecule has 0 aliphatic heterocycles. The highest BCUT2D eigenvalue weighted by Crippen LogP contribution is 2.30. The van der Waals surface area contributed by atoms with Crippen molar-refractivity contribution in [3.63, 3.8) is 0 Å². The topological polar surface area (TPSA) is 21.6 Å². The van der Waals surface area contributed by atoms with Crippen LogP contribution in [0.5, 0.6) is 0 Å². The molecule has 104 valence electrons. The maximum atomic E-state index is 5.88. The van der Waals surface area contributed by atoms with Gasteiger partial charge in [-0.3, -0.25) is 0 Å². The predicted octanol–water partition coefficient (Wildman–Crippen LogP) is 4.97.